The van der Waals surface area contributed by atoms with Crippen molar-refractivity contribution in [1.29, 1.82) is 0 Å². The predicted molar refractivity (Wildman–Crippen MR) is 272 cm³/mol. The third kappa shape index (κ3) is 6.08. The number of benzene rings is 11. The number of ether oxygens (including phenoxy) is 1. The van der Waals surface area contributed by atoms with Crippen molar-refractivity contribution < 1.29 is 48.2 Å². The SMILES string of the molecule is CC(=O)c1ccc2c3ccc4c5c(ccc(c6ccc(C(C)=O)c1c26)c53)C(=O)N(CCc1ccc(O)cc1)C4=O.CC(=O)c1ccc2c3ccc4c5c(ccc(c6ccc(C(C)=O)c1c26)c53)C(=O)OC4=O. The van der Waals surface area contributed by atoms with Gasteiger partial charge in [0.25, 0.3) is 11.8 Å². The van der Waals surface area contributed by atoms with Crippen LogP contribution < -0.4 is 0 Å². The Kier molecular flexibility index (Phi) is 9.34. The Morgan fingerprint density at radius 2 is 0.676 bits per heavy atom. The molecule has 0 atom stereocenters. The van der Waals surface area contributed by atoms with Gasteiger partial charge >= 0.3 is 11.9 Å². The third-order valence-electron chi connectivity index (χ3n) is 14.5. The van der Waals surface area contributed by atoms with E-state index in [4.69, 9.17) is 4.74 Å². The summed E-state index contributed by atoms with van der Waals surface area (Å²) in [5.74, 6) is -2.30. The number of rotatable bonds is 7. The highest BCUT2D eigenvalue weighted by Crippen LogP contribution is 2.47. The summed E-state index contributed by atoms with van der Waals surface area (Å²) in [6.45, 7) is 6.21. The number of phenolic OH excluding ortho intramolecular Hbond substituents is 1. The number of amides is 2. The smallest absolute Gasteiger partial charge is 0.346 e. The van der Waals surface area contributed by atoms with Gasteiger partial charge in [0.1, 0.15) is 5.75 Å². The first kappa shape index (κ1) is 43.1. The van der Waals surface area contributed by atoms with E-state index in [-0.39, 0.29) is 47.2 Å². The number of Topliss-reactive ketones (excluding diaryl/α,β-unsaturated/α-hetero) is 4. The molecule has 0 spiro atoms. The molecule has 0 aliphatic carbocycles. The van der Waals surface area contributed by atoms with E-state index in [0.717, 1.165) is 70.2 Å². The van der Waals surface area contributed by atoms with Gasteiger partial charge in [0.05, 0.1) is 11.1 Å². The van der Waals surface area contributed by atoms with Gasteiger partial charge in [-0.15, -0.1) is 0 Å². The van der Waals surface area contributed by atoms with Crippen LogP contribution in [0.15, 0.2) is 121 Å². The van der Waals surface area contributed by atoms with Crippen LogP contribution in [0.3, 0.4) is 0 Å². The zero-order chi connectivity index (χ0) is 49.5. The maximum Gasteiger partial charge on any atom is 0.346 e. The van der Waals surface area contributed by atoms with Gasteiger partial charge < -0.3 is 9.84 Å². The lowest BCUT2D eigenvalue weighted by Crippen LogP contribution is -2.41. The van der Waals surface area contributed by atoms with Crippen LogP contribution in [-0.4, -0.2) is 63.4 Å². The highest BCUT2D eigenvalue weighted by atomic mass is 16.6. The number of carbonyl (C=O) groups is 8. The van der Waals surface area contributed by atoms with Crippen molar-refractivity contribution in [3.8, 4) is 5.75 Å². The summed E-state index contributed by atoms with van der Waals surface area (Å²) in [6, 6.07) is 35.7. The fourth-order valence-electron chi connectivity index (χ4n) is 11.3. The number of phenols is 1. The number of aromatic hydroxyl groups is 1. The van der Waals surface area contributed by atoms with Crippen LogP contribution in [-0.2, 0) is 11.2 Å². The first-order chi connectivity index (χ1) is 34.1. The quantitative estimate of drug-likeness (QED) is 0.0405. The molecule has 1 N–H and O–H groups in total. The van der Waals surface area contributed by atoms with Gasteiger partial charge in [-0.1, -0.05) is 84.9 Å². The molecule has 71 heavy (non-hydrogen) atoms. The second-order valence-electron chi connectivity index (χ2n) is 18.4. The highest BCUT2D eigenvalue weighted by Gasteiger charge is 2.35. The third-order valence-corrected chi connectivity index (χ3v) is 14.5. The standard InChI is InChI=1S/C34H23NO5.C26H14O5/c1-17(36)21-7-9-23-25-11-13-27-32-28(34(40)35(33(27)39)16-15-19-3-5-20(38)6-4-19)14-12-26(31(25)32)24-10-8-22(18(2)37)29(21)30(23)24;1-11(27)13-3-5-15-17-7-9-19-24-20(26(30)31-25(19)29)10-8-18(23(17)24)16-6-4-14(12(2)28)21(13)22(15)16/h3-14,38H,15-16H2,1-2H3;3-10H,1-2H3. The van der Waals surface area contributed by atoms with Crippen molar-refractivity contribution in [3.63, 3.8) is 0 Å². The van der Waals surface area contributed by atoms with Gasteiger partial charge in [0.2, 0.25) is 0 Å². The maximum absolute atomic E-state index is 13.7. The zero-order valence-electron chi connectivity index (χ0n) is 38.5. The number of nitrogens with zero attached hydrogens (tertiary/aromatic N) is 1. The summed E-state index contributed by atoms with van der Waals surface area (Å²) in [7, 11) is 0. The molecule has 11 aromatic rings. The minimum absolute atomic E-state index is 0.115. The summed E-state index contributed by atoms with van der Waals surface area (Å²) in [4.78, 5) is 103. The Morgan fingerprint density at radius 1 is 0.380 bits per heavy atom. The molecule has 0 aromatic heterocycles. The number of hydrogen-bond donors (Lipinski definition) is 1. The van der Waals surface area contributed by atoms with E-state index >= 15 is 0 Å². The number of esters is 2. The van der Waals surface area contributed by atoms with Gasteiger partial charge in [-0.05, 0) is 141 Å². The highest BCUT2D eigenvalue weighted by molar-refractivity contribution is 6.41. The molecule has 0 radical (unpaired) electrons. The van der Waals surface area contributed by atoms with Crippen LogP contribution >= 0.6 is 0 Å². The Morgan fingerprint density at radius 3 is 1.01 bits per heavy atom. The maximum atomic E-state index is 13.7. The largest absolute Gasteiger partial charge is 0.508 e. The molecule has 11 nitrogen and oxygen atoms in total. The van der Waals surface area contributed by atoms with Gasteiger partial charge in [0.15, 0.2) is 23.1 Å². The lowest BCUT2D eigenvalue weighted by atomic mass is 9.82. The number of fused-ring (bicyclic) bond motifs is 4. The van der Waals surface area contributed by atoms with Crippen molar-refractivity contribution in [2.75, 3.05) is 6.54 Å². The normalized spacial score (nSPS) is 13.4. The van der Waals surface area contributed by atoms with E-state index in [1.807, 2.05) is 48.5 Å². The lowest BCUT2D eigenvalue weighted by molar-refractivity contribution is 0.0389. The molecule has 0 bridgehead atoms. The molecular formula is C60H37NO10. The summed E-state index contributed by atoms with van der Waals surface area (Å²) < 4.78 is 4.89. The Balaban J connectivity index is 0.000000150. The van der Waals surface area contributed by atoms with Crippen molar-refractivity contribution >= 4 is 133 Å². The zero-order valence-corrected chi connectivity index (χ0v) is 38.5. The first-order valence-corrected chi connectivity index (χ1v) is 23.0. The van der Waals surface area contributed by atoms with E-state index in [2.05, 4.69) is 0 Å². The number of cyclic esters (lactones) is 2. The molecule has 13 rings (SSSR count). The molecule has 0 unspecified atom stereocenters. The molecule has 2 aliphatic rings. The summed E-state index contributed by atoms with van der Waals surface area (Å²) in [5, 5.41) is 22.2. The summed E-state index contributed by atoms with van der Waals surface area (Å²) >= 11 is 0. The van der Waals surface area contributed by atoms with Crippen molar-refractivity contribution in [3.05, 3.63) is 171 Å². The number of carbonyl (C=O) groups excluding carboxylic acids is 8. The van der Waals surface area contributed by atoms with Crippen molar-refractivity contribution in [2.24, 2.45) is 0 Å². The van der Waals surface area contributed by atoms with E-state index in [9.17, 15) is 43.5 Å². The Bertz CT molecular complexity index is 4120. The van der Waals surface area contributed by atoms with Crippen LogP contribution in [0.4, 0.5) is 0 Å². The number of ketones is 4. The summed E-state index contributed by atoms with van der Waals surface area (Å²) in [6.07, 6.45) is 0.471. The minimum Gasteiger partial charge on any atom is -0.508 e. The predicted octanol–water partition coefficient (Wildman–Crippen LogP) is 12.1. The molecule has 2 heterocycles. The fraction of sp³-hybridized carbons (Fsp3) is 0.100. The second kappa shape index (κ2) is 15.4. The molecular weight excluding hydrogens is 895 g/mol. The molecule has 0 saturated carbocycles. The second-order valence-corrected chi connectivity index (χ2v) is 18.4. The molecule has 11 heteroatoms. The topological polar surface area (TPSA) is 169 Å². The number of hydrogen-bond acceptors (Lipinski definition) is 10. The molecule has 342 valence electrons. The monoisotopic (exact) mass is 931 g/mol. The lowest BCUT2D eigenvalue weighted by Gasteiger charge is -2.28. The molecule has 0 fully saturated rings. The van der Waals surface area contributed by atoms with Gasteiger partial charge in [-0.25, -0.2) is 9.59 Å². The van der Waals surface area contributed by atoms with Gasteiger partial charge in [0, 0.05) is 61.5 Å². The molecule has 11 aromatic carbocycles. The Labute approximate surface area is 402 Å². The first-order valence-electron chi connectivity index (χ1n) is 23.0. The van der Waals surface area contributed by atoms with E-state index in [0.29, 0.717) is 72.5 Å². The van der Waals surface area contributed by atoms with Crippen LogP contribution in [0.2, 0.25) is 0 Å². The Hall–Kier alpha value is -9.22. The van der Waals surface area contributed by atoms with Crippen molar-refractivity contribution in [2.45, 2.75) is 34.1 Å². The van der Waals surface area contributed by atoms with Crippen LogP contribution in [0.1, 0.15) is 116 Å². The van der Waals surface area contributed by atoms with Gasteiger partial charge in [-0.3, -0.25) is 33.7 Å². The minimum atomic E-state index is -0.656. The molecule has 2 amide bonds. The van der Waals surface area contributed by atoms with Gasteiger partial charge in [-0.2, -0.15) is 0 Å². The van der Waals surface area contributed by atoms with E-state index in [1.165, 1.54) is 32.6 Å². The summed E-state index contributed by atoms with van der Waals surface area (Å²) in [5.41, 5.74) is 4.56. The van der Waals surface area contributed by atoms with Crippen molar-refractivity contribution in [1.82, 2.24) is 4.90 Å². The van der Waals surface area contributed by atoms with E-state index < -0.39 is 11.9 Å². The molecule has 2 aliphatic heterocycles. The fourth-order valence-corrected chi connectivity index (χ4v) is 11.3. The average molecular weight is 932 g/mol. The number of imide groups is 1. The van der Waals surface area contributed by atoms with Crippen LogP contribution in [0.25, 0.3) is 86.2 Å². The molecule has 0 saturated heterocycles. The van der Waals surface area contributed by atoms with E-state index in [1.54, 1.807) is 72.8 Å². The van der Waals surface area contributed by atoms with Crippen LogP contribution in [0, 0.1) is 0 Å². The average Bonchev–Trinajstić information content (AvgIpc) is 3.35. The van der Waals surface area contributed by atoms with Crippen LogP contribution in [0.5, 0.6) is 5.75 Å².